The van der Waals surface area contributed by atoms with Crippen LogP contribution in [0.15, 0.2) is 30.3 Å². The highest BCUT2D eigenvalue weighted by Gasteiger charge is 2.46. The molecule has 1 aliphatic rings. The third-order valence-electron chi connectivity index (χ3n) is 4.54. The molecule has 2 rings (SSSR count). The molecule has 4 heteroatoms. The molecule has 0 unspecified atom stereocenters. The molecule has 0 aromatic heterocycles. The first-order valence-corrected chi connectivity index (χ1v) is 8.81. The van der Waals surface area contributed by atoms with Crippen LogP contribution >= 0.6 is 0 Å². The van der Waals surface area contributed by atoms with Crippen LogP contribution in [-0.2, 0) is 9.53 Å². The molecule has 2 N–H and O–H groups in total. The monoisotopic (exact) mass is 334 g/mol. The summed E-state index contributed by atoms with van der Waals surface area (Å²) in [4.78, 5) is 12.4. The van der Waals surface area contributed by atoms with Crippen molar-refractivity contribution in [2.45, 2.75) is 60.0 Å². The van der Waals surface area contributed by atoms with Crippen molar-refractivity contribution in [3.05, 3.63) is 35.9 Å². The molecule has 0 aliphatic carbocycles. The SMILES string of the molecule is CC(C)C1(C(=O)OC(C)(C)C)CCN(N)CC1.Cc1ccccc1. The van der Waals surface area contributed by atoms with Crippen LogP contribution in [-0.4, -0.2) is 29.7 Å². The Hall–Kier alpha value is -1.39. The quantitative estimate of drug-likeness (QED) is 0.657. The Balaban J connectivity index is 0.000000341. The van der Waals surface area contributed by atoms with Gasteiger partial charge in [0.25, 0.3) is 0 Å². The van der Waals surface area contributed by atoms with Gasteiger partial charge in [-0.15, -0.1) is 0 Å². The average molecular weight is 335 g/mol. The summed E-state index contributed by atoms with van der Waals surface area (Å²) in [6, 6.07) is 10.3. The first kappa shape index (κ1) is 20.7. The Morgan fingerprint density at radius 2 is 1.67 bits per heavy atom. The minimum atomic E-state index is -0.418. The maximum Gasteiger partial charge on any atom is 0.312 e. The highest BCUT2D eigenvalue weighted by molar-refractivity contribution is 5.77. The van der Waals surface area contributed by atoms with Gasteiger partial charge in [-0.05, 0) is 46.5 Å². The number of piperidine rings is 1. The number of hydrogen-bond donors (Lipinski definition) is 1. The van der Waals surface area contributed by atoms with E-state index >= 15 is 0 Å². The van der Waals surface area contributed by atoms with E-state index in [1.54, 1.807) is 5.01 Å². The van der Waals surface area contributed by atoms with E-state index in [0.29, 0.717) is 0 Å². The fourth-order valence-corrected chi connectivity index (χ4v) is 2.85. The van der Waals surface area contributed by atoms with Gasteiger partial charge in [0.15, 0.2) is 0 Å². The van der Waals surface area contributed by atoms with Crippen molar-refractivity contribution in [2.75, 3.05) is 13.1 Å². The van der Waals surface area contributed by atoms with Crippen LogP contribution in [0.5, 0.6) is 0 Å². The predicted octanol–water partition coefficient (Wildman–Crippen LogP) is 3.94. The molecule has 1 aromatic rings. The maximum atomic E-state index is 12.4. The number of ether oxygens (including phenoxy) is 1. The molecule has 0 amide bonds. The normalized spacial score (nSPS) is 17.8. The number of esters is 1. The van der Waals surface area contributed by atoms with Gasteiger partial charge in [-0.2, -0.15) is 0 Å². The second-order valence-corrected chi connectivity index (χ2v) is 8.00. The second kappa shape index (κ2) is 8.63. The first-order valence-electron chi connectivity index (χ1n) is 8.81. The van der Waals surface area contributed by atoms with Crippen molar-refractivity contribution in [3.8, 4) is 0 Å². The summed E-state index contributed by atoms with van der Waals surface area (Å²) in [5.74, 6) is 5.99. The minimum Gasteiger partial charge on any atom is -0.460 e. The summed E-state index contributed by atoms with van der Waals surface area (Å²) < 4.78 is 5.58. The second-order valence-electron chi connectivity index (χ2n) is 8.00. The molecule has 24 heavy (non-hydrogen) atoms. The predicted molar refractivity (Wildman–Crippen MR) is 99.3 cm³/mol. The maximum absolute atomic E-state index is 12.4. The van der Waals surface area contributed by atoms with E-state index in [1.165, 1.54) is 5.56 Å². The van der Waals surface area contributed by atoms with E-state index in [9.17, 15) is 4.79 Å². The van der Waals surface area contributed by atoms with Crippen LogP contribution in [0.25, 0.3) is 0 Å². The summed E-state index contributed by atoms with van der Waals surface area (Å²) >= 11 is 0. The van der Waals surface area contributed by atoms with E-state index in [4.69, 9.17) is 10.6 Å². The Kier molecular flexibility index (Phi) is 7.43. The molecule has 0 saturated carbocycles. The molecule has 1 aliphatic heterocycles. The third-order valence-corrected chi connectivity index (χ3v) is 4.54. The molecule has 0 radical (unpaired) electrons. The fourth-order valence-electron chi connectivity index (χ4n) is 2.85. The van der Waals surface area contributed by atoms with Gasteiger partial charge in [0.1, 0.15) is 5.60 Å². The lowest BCUT2D eigenvalue weighted by atomic mass is 9.70. The summed E-state index contributed by atoms with van der Waals surface area (Å²) in [5, 5.41) is 1.78. The summed E-state index contributed by atoms with van der Waals surface area (Å²) in [5.41, 5.74) is 0.546. The van der Waals surface area contributed by atoms with Crippen LogP contribution in [0.3, 0.4) is 0 Å². The van der Waals surface area contributed by atoms with Crippen LogP contribution in [0.2, 0.25) is 0 Å². The number of aryl methyl sites for hydroxylation is 1. The molecule has 1 fully saturated rings. The highest BCUT2D eigenvalue weighted by atomic mass is 16.6. The zero-order valence-corrected chi connectivity index (χ0v) is 16.1. The Bertz CT molecular complexity index is 498. The lowest BCUT2D eigenvalue weighted by molar-refractivity contribution is -0.174. The number of benzene rings is 1. The molecule has 136 valence electrons. The molecule has 1 saturated heterocycles. The summed E-state index contributed by atoms with van der Waals surface area (Å²) in [7, 11) is 0. The van der Waals surface area contributed by atoms with Gasteiger partial charge in [0.05, 0.1) is 5.41 Å². The van der Waals surface area contributed by atoms with Gasteiger partial charge < -0.3 is 4.74 Å². The molecule has 1 heterocycles. The Labute approximate surface area is 147 Å². The number of carbonyl (C=O) groups excluding carboxylic acids is 1. The van der Waals surface area contributed by atoms with Crippen molar-refractivity contribution in [2.24, 2.45) is 17.2 Å². The van der Waals surface area contributed by atoms with E-state index in [0.717, 1.165) is 25.9 Å². The van der Waals surface area contributed by atoms with Crippen LogP contribution in [0.1, 0.15) is 53.0 Å². The molecule has 0 atom stereocenters. The summed E-state index contributed by atoms with van der Waals surface area (Å²) in [6.07, 6.45) is 1.58. The standard InChI is InChI=1S/C13H26N2O2.C7H8/c1-10(2)13(6-8-15(14)9-7-13)11(16)17-12(3,4)5;1-7-5-3-2-4-6-7/h10H,6-9,14H2,1-5H3;2-6H,1H3. The van der Waals surface area contributed by atoms with Gasteiger partial charge in [-0.1, -0.05) is 49.7 Å². The third kappa shape index (κ3) is 6.25. The van der Waals surface area contributed by atoms with E-state index < -0.39 is 5.60 Å². The first-order chi connectivity index (χ1) is 11.1. The van der Waals surface area contributed by atoms with Gasteiger partial charge in [-0.3, -0.25) is 10.6 Å². The smallest absolute Gasteiger partial charge is 0.312 e. The molecule has 4 nitrogen and oxygen atoms in total. The van der Waals surface area contributed by atoms with Gasteiger partial charge in [-0.25, -0.2) is 5.01 Å². The topological polar surface area (TPSA) is 55.6 Å². The molecule has 0 bridgehead atoms. The van der Waals surface area contributed by atoms with Crippen molar-refractivity contribution in [1.82, 2.24) is 5.01 Å². The van der Waals surface area contributed by atoms with Crippen molar-refractivity contribution in [1.29, 1.82) is 0 Å². The highest BCUT2D eigenvalue weighted by Crippen LogP contribution is 2.40. The number of carbonyl (C=O) groups is 1. The van der Waals surface area contributed by atoms with Crippen molar-refractivity contribution in [3.63, 3.8) is 0 Å². The van der Waals surface area contributed by atoms with Crippen LogP contribution in [0.4, 0.5) is 0 Å². The Morgan fingerprint density at radius 3 is 2.00 bits per heavy atom. The van der Waals surface area contributed by atoms with Crippen molar-refractivity contribution < 1.29 is 9.53 Å². The zero-order valence-electron chi connectivity index (χ0n) is 16.1. The molecular weight excluding hydrogens is 300 g/mol. The van der Waals surface area contributed by atoms with Gasteiger partial charge in [0, 0.05) is 13.1 Å². The number of hydrazine groups is 1. The van der Waals surface area contributed by atoms with E-state index in [1.807, 2.05) is 39.0 Å². The average Bonchev–Trinajstić information content (AvgIpc) is 2.47. The molecular formula is C20H34N2O2. The number of hydrogen-bond acceptors (Lipinski definition) is 4. The number of nitrogens with two attached hydrogens (primary N) is 1. The van der Waals surface area contributed by atoms with Gasteiger partial charge in [0.2, 0.25) is 0 Å². The lowest BCUT2D eigenvalue weighted by Gasteiger charge is -2.42. The number of rotatable bonds is 2. The zero-order chi connectivity index (χ0) is 18.4. The lowest BCUT2D eigenvalue weighted by Crippen LogP contribution is -2.51. The minimum absolute atomic E-state index is 0.0619. The van der Waals surface area contributed by atoms with Gasteiger partial charge >= 0.3 is 5.97 Å². The largest absolute Gasteiger partial charge is 0.460 e. The summed E-state index contributed by atoms with van der Waals surface area (Å²) in [6.45, 7) is 13.5. The number of nitrogens with zero attached hydrogens (tertiary/aromatic N) is 1. The van der Waals surface area contributed by atoms with Crippen LogP contribution < -0.4 is 5.84 Å². The van der Waals surface area contributed by atoms with E-state index in [2.05, 4.69) is 32.9 Å². The van der Waals surface area contributed by atoms with E-state index in [-0.39, 0.29) is 17.3 Å². The van der Waals surface area contributed by atoms with Crippen LogP contribution in [0, 0.1) is 18.3 Å². The fraction of sp³-hybridized carbons (Fsp3) is 0.650. The Morgan fingerprint density at radius 1 is 1.17 bits per heavy atom. The molecule has 1 aromatic carbocycles. The molecule has 0 spiro atoms. The van der Waals surface area contributed by atoms with Crippen molar-refractivity contribution >= 4 is 5.97 Å².